The van der Waals surface area contributed by atoms with Crippen molar-refractivity contribution in [3.63, 3.8) is 0 Å². The summed E-state index contributed by atoms with van der Waals surface area (Å²) in [5, 5.41) is 6.85. The number of carbonyl (C=O) groups is 1. The van der Waals surface area contributed by atoms with Crippen molar-refractivity contribution in [1.29, 1.82) is 0 Å². The molecule has 1 saturated carbocycles. The SMILES string of the molecule is CCCOc1ncccc1CN=C(NCC)NC1CCN(C(=O)C2CCCCC2)C1. The van der Waals surface area contributed by atoms with E-state index < -0.39 is 0 Å². The number of aliphatic imine (C=N–C) groups is 1. The monoisotopic (exact) mass is 415 g/mol. The third-order valence-electron chi connectivity index (χ3n) is 5.84. The molecule has 0 spiro atoms. The van der Waals surface area contributed by atoms with E-state index in [1.165, 1.54) is 19.3 Å². The van der Waals surface area contributed by atoms with Gasteiger partial charge in [-0.15, -0.1) is 0 Å². The molecule has 1 aliphatic heterocycles. The number of pyridine rings is 1. The summed E-state index contributed by atoms with van der Waals surface area (Å²) < 4.78 is 5.74. The molecule has 2 N–H and O–H groups in total. The average Bonchev–Trinajstić information content (AvgIpc) is 3.25. The van der Waals surface area contributed by atoms with E-state index in [2.05, 4.69) is 34.4 Å². The lowest BCUT2D eigenvalue weighted by atomic mass is 9.88. The Morgan fingerprint density at radius 2 is 2.10 bits per heavy atom. The molecule has 7 nitrogen and oxygen atoms in total. The smallest absolute Gasteiger partial charge is 0.225 e. The molecule has 1 aliphatic carbocycles. The van der Waals surface area contributed by atoms with Gasteiger partial charge in [-0.25, -0.2) is 9.98 Å². The van der Waals surface area contributed by atoms with Crippen LogP contribution in [0.2, 0.25) is 0 Å². The van der Waals surface area contributed by atoms with Crippen LogP contribution < -0.4 is 15.4 Å². The van der Waals surface area contributed by atoms with E-state index in [1.54, 1.807) is 6.20 Å². The maximum absolute atomic E-state index is 12.8. The Morgan fingerprint density at radius 3 is 2.87 bits per heavy atom. The summed E-state index contributed by atoms with van der Waals surface area (Å²) in [6.07, 6.45) is 9.44. The molecule has 1 saturated heterocycles. The fraction of sp³-hybridized carbons (Fsp3) is 0.696. The molecule has 2 aliphatic rings. The third kappa shape index (κ3) is 6.34. The van der Waals surface area contributed by atoms with Gasteiger partial charge in [0.15, 0.2) is 5.96 Å². The lowest BCUT2D eigenvalue weighted by Crippen LogP contribution is -2.45. The fourth-order valence-electron chi connectivity index (χ4n) is 4.24. The number of likely N-dealkylation sites (tertiary alicyclic amines) is 1. The van der Waals surface area contributed by atoms with Gasteiger partial charge in [0.1, 0.15) is 0 Å². The first-order valence-corrected chi connectivity index (χ1v) is 11.6. The number of ether oxygens (including phenoxy) is 1. The van der Waals surface area contributed by atoms with E-state index in [1.807, 2.05) is 12.1 Å². The Kier molecular flexibility index (Phi) is 8.78. The van der Waals surface area contributed by atoms with Crippen LogP contribution in [0.15, 0.2) is 23.3 Å². The number of aromatic nitrogens is 1. The molecule has 0 aromatic carbocycles. The minimum Gasteiger partial charge on any atom is -0.477 e. The van der Waals surface area contributed by atoms with Gasteiger partial charge in [-0.1, -0.05) is 32.3 Å². The molecule has 1 atom stereocenters. The van der Waals surface area contributed by atoms with E-state index in [9.17, 15) is 4.79 Å². The van der Waals surface area contributed by atoms with Crippen molar-refractivity contribution in [2.45, 2.75) is 71.4 Å². The summed E-state index contributed by atoms with van der Waals surface area (Å²) in [7, 11) is 0. The number of guanidine groups is 1. The van der Waals surface area contributed by atoms with Crippen molar-refractivity contribution in [3.8, 4) is 5.88 Å². The van der Waals surface area contributed by atoms with Gasteiger partial charge in [-0.2, -0.15) is 0 Å². The number of hydrogen-bond acceptors (Lipinski definition) is 4. The molecule has 7 heteroatoms. The van der Waals surface area contributed by atoms with Gasteiger partial charge in [0, 0.05) is 43.4 Å². The zero-order valence-electron chi connectivity index (χ0n) is 18.5. The van der Waals surface area contributed by atoms with Crippen molar-refractivity contribution in [3.05, 3.63) is 23.9 Å². The second-order valence-electron chi connectivity index (χ2n) is 8.26. The van der Waals surface area contributed by atoms with Gasteiger partial charge in [-0.05, 0) is 38.7 Å². The van der Waals surface area contributed by atoms with Gasteiger partial charge in [0.05, 0.1) is 13.2 Å². The maximum atomic E-state index is 12.8. The van der Waals surface area contributed by atoms with E-state index in [4.69, 9.17) is 9.73 Å². The topological polar surface area (TPSA) is 78.9 Å². The predicted octanol–water partition coefficient (Wildman–Crippen LogP) is 3.11. The molecular formula is C23H37N5O2. The molecule has 0 bridgehead atoms. The molecule has 0 radical (unpaired) electrons. The number of nitrogens with zero attached hydrogens (tertiary/aromatic N) is 3. The number of nitrogens with one attached hydrogen (secondary N) is 2. The molecule has 30 heavy (non-hydrogen) atoms. The Balaban J connectivity index is 1.56. The molecule has 166 valence electrons. The van der Waals surface area contributed by atoms with Crippen LogP contribution in [0, 0.1) is 5.92 Å². The molecular weight excluding hydrogens is 378 g/mol. The van der Waals surface area contributed by atoms with Crippen molar-refractivity contribution >= 4 is 11.9 Å². The first-order chi connectivity index (χ1) is 14.7. The van der Waals surface area contributed by atoms with Crippen LogP contribution >= 0.6 is 0 Å². The quantitative estimate of drug-likeness (QED) is 0.504. The fourth-order valence-corrected chi connectivity index (χ4v) is 4.24. The van der Waals surface area contributed by atoms with Crippen LogP contribution in [-0.4, -0.2) is 54.0 Å². The molecule has 2 fully saturated rings. The maximum Gasteiger partial charge on any atom is 0.225 e. The predicted molar refractivity (Wildman–Crippen MR) is 120 cm³/mol. The molecule has 1 aromatic rings. The van der Waals surface area contributed by atoms with Crippen molar-refractivity contribution < 1.29 is 9.53 Å². The lowest BCUT2D eigenvalue weighted by Gasteiger charge is -2.26. The molecule has 1 aromatic heterocycles. The Morgan fingerprint density at radius 1 is 1.27 bits per heavy atom. The lowest BCUT2D eigenvalue weighted by molar-refractivity contribution is -0.135. The van der Waals surface area contributed by atoms with E-state index >= 15 is 0 Å². The Labute approximate surface area is 180 Å². The molecule has 3 rings (SSSR count). The number of hydrogen-bond donors (Lipinski definition) is 2. The normalized spacial score (nSPS) is 20.3. The van der Waals surface area contributed by atoms with E-state index in [-0.39, 0.29) is 12.0 Å². The molecule has 1 unspecified atom stereocenters. The minimum atomic E-state index is 0.236. The summed E-state index contributed by atoms with van der Waals surface area (Å²) in [6, 6.07) is 4.15. The van der Waals surface area contributed by atoms with Crippen molar-refractivity contribution in [2.75, 3.05) is 26.2 Å². The van der Waals surface area contributed by atoms with Crippen LogP contribution in [0.1, 0.15) is 64.4 Å². The number of carbonyl (C=O) groups excluding carboxylic acids is 1. The second kappa shape index (κ2) is 11.8. The summed E-state index contributed by atoms with van der Waals surface area (Å²) in [5.74, 6) is 2.03. The third-order valence-corrected chi connectivity index (χ3v) is 5.84. The van der Waals surface area contributed by atoms with Crippen LogP contribution in [0.4, 0.5) is 0 Å². The first kappa shape index (κ1) is 22.4. The van der Waals surface area contributed by atoms with Crippen LogP contribution in [0.5, 0.6) is 5.88 Å². The van der Waals surface area contributed by atoms with Crippen molar-refractivity contribution in [2.24, 2.45) is 10.9 Å². The van der Waals surface area contributed by atoms with Crippen molar-refractivity contribution in [1.82, 2.24) is 20.5 Å². The summed E-state index contributed by atoms with van der Waals surface area (Å²) in [5.41, 5.74) is 0.976. The highest BCUT2D eigenvalue weighted by molar-refractivity contribution is 5.81. The van der Waals surface area contributed by atoms with Gasteiger partial charge >= 0.3 is 0 Å². The van der Waals surface area contributed by atoms with Crippen LogP contribution in [-0.2, 0) is 11.3 Å². The highest BCUT2D eigenvalue weighted by Gasteiger charge is 2.31. The summed E-state index contributed by atoms with van der Waals surface area (Å²) in [6.45, 7) is 7.68. The largest absolute Gasteiger partial charge is 0.477 e. The number of rotatable bonds is 8. The standard InChI is InChI=1S/C23H37N5O2/c1-3-15-30-21-19(11-8-13-25-21)16-26-23(24-4-2)27-20-12-14-28(17-20)22(29)18-9-6-5-7-10-18/h8,11,13,18,20H,3-7,9-10,12,14-17H2,1-2H3,(H2,24,26,27). The summed E-state index contributed by atoms with van der Waals surface area (Å²) >= 11 is 0. The highest BCUT2D eigenvalue weighted by atomic mass is 16.5. The molecule has 2 heterocycles. The Hall–Kier alpha value is -2.31. The number of amides is 1. The van der Waals surface area contributed by atoms with Crippen LogP contribution in [0.3, 0.4) is 0 Å². The van der Waals surface area contributed by atoms with Gasteiger partial charge in [0.2, 0.25) is 11.8 Å². The first-order valence-electron chi connectivity index (χ1n) is 11.6. The van der Waals surface area contributed by atoms with E-state index in [0.717, 1.165) is 56.8 Å². The second-order valence-corrected chi connectivity index (χ2v) is 8.26. The van der Waals surface area contributed by atoms with E-state index in [0.29, 0.717) is 24.9 Å². The Bertz CT molecular complexity index is 703. The molecule has 1 amide bonds. The van der Waals surface area contributed by atoms with Gasteiger partial charge in [0.25, 0.3) is 0 Å². The minimum absolute atomic E-state index is 0.236. The van der Waals surface area contributed by atoms with Gasteiger partial charge < -0.3 is 20.3 Å². The highest BCUT2D eigenvalue weighted by Crippen LogP contribution is 2.26. The zero-order valence-corrected chi connectivity index (χ0v) is 18.5. The average molecular weight is 416 g/mol. The summed E-state index contributed by atoms with van der Waals surface area (Å²) in [4.78, 5) is 24.0. The van der Waals surface area contributed by atoms with Gasteiger partial charge in [-0.3, -0.25) is 4.79 Å². The van der Waals surface area contributed by atoms with Crippen LogP contribution in [0.25, 0.3) is 0 Å². The zero-order chi connectivity index (χ0) is 21.2.